The Balaban J connectivity index is 1.87. The molecular weight excluding hydrogens is 464 g/mol. The van der Waals surface area contributed by atoms with E-state index < -0.39 is 21.0 Å². The first-order valence-electron chi connectivity index (χ1n) is 10.0. The highest BCUT2D eigenvalue weighted by atomic mass is 35.7. The first-order valence-corrected chi connectivity index (χ1v) is 12.4. The summed E-state index contributed by atoms with van der Waals surface area (Å²) < 4.78 is 45.4. The maximum atomic E-state index is 11.6. The van der Waals surface area contributed by atoms with Crippen LogP contribution in [0.2, 0.25) is 0 Å². The fourth-order valence-electron chi connectivity index (χ4n) is 3.35. The van der Waals surface area contributed by atoms with Crippen LogP contribution in [-0.2, 0) is 3.74 Å². The first-order chi connectivity index (χ1) is 15.9. The SMILES string of the molecule is [O-][Cl+3]([O-])([O-])OS1=C(c2ccccc2)C=C(c2ccc(OCCO)cc2)C=C1c1ccccc1. The molecule has 0 fully saturated rings. The Hall–Kier alpha value is -2.75. The fourth-order valence-corrected chi connectivity index (χ4v) is 5.92. The van der Waals surface area contributed by atoms with Gasteiger partial charge in [-0.15, -0.1) is 0 Å². The average molecular weight is 485 g/mol. The molecule has 3 aromatic rings. The first kappa shape index (κ1) is 23.4. The van der Waals surface area contributed by atoms with Gasteiger partial charge in [0.2, 0.25) is 0 Å². The molecule has 33 heavy (non-hydrogen) atoms. The van der Waals surface area contributed by atoms with E-state index in [9.17, 15) is 14.0 Å². The third kappa shape index (κ3) is 5.98. The maximum absolute atomic E-state index is 11.6. The van der Waals surface area contributed by atoms with Crippen molar-refractivity contribution in [1.82, 2.24) is 0 Å². The lowest BCUT2D eigenvalue weighted by Crippen LogP contribution is -2.60. The second-order valence-corrected chi connectivity index (χ2v) is 9.69. The molecule has 6 nitrogen and oxygen atoms in total. The molecule has 0 saturated heterocycles. The van der Waals surface area contributed by atoms with Crippen LogP contribution in [0.5, 0.6) is 5.75 Å². The van der Waals surface area contributed by atoms with Gasteiger partial charge in [0.05, 0.1) is 26.6 Å². The van der Waals surface area contributed by atoms with E-state index in [0.717, 1.165) is 22.3 Å². The van der Waals surface area contributed by atoms with Crippen molar-refractivity contribution in [3.8, 4) is 5.75 Å². The minimum absolute atomic E-state index is 0.0737. The van der Waals surface area contributed by atoms with Gasteiger partial charge in [0.1, 0.15) is 26.9 Å². The van der Waals surface area contributed by atoms with E-state index >= 15 is 0 Å². The number of benzene rings is 3. The summed E-state index contributed by atoms with van der Waals surface area (Å²) in [5, 5.41) is 8.94. The molecule has 170 valence electrons. The van der Waals surface area contributed by atoms with E-state index in [4.69, 9.17) is 13.6 Å². The van der Waals surface area contributed by atoms with Gasteiger partial charge in [-0.1, -0.05) is 72.8 Å². The number of rotatable bonds is 8. The molecule has 3 aromatic carbocycles. The summed E-state index contributed by atoms with van der Waals surface area (Å²) in [4.78, 5) is 1.17. The predicted molar refractivity (Wildman–Crippen MR) is 121 cm³/mol. The van der Waals surface area contributed by atoms with Crippen molar-refractivity contribution < 1.29 is 37.8 Å². The van der Waals surface area contributed by atoms with Crippen LogP contribution >= 0.6 is 10.8 Å². The van der Waals surface area contributed by atoms with E-state index in [-0.39, 0.29) is 13.2 Å². The molecule has 4 rings (SSSR count). The average Bonchev–Trinajstić information content (AvgIpc) is 2.83. The van der Waals surface area contributed by atoms with Gasteiger partial charge in [-0.2, -0.15) is 14.0 Å². The largest absolute Gasteiger partial charge is 0.491 e. The fraction of sp³-hybridized carbons (Fsp3) is 0.0800. The summed E-state index contributed by atoms with van der Waals surface area (Å²) in [6, 6.07) is 25.8. The molecular formula is C25H21ClO6S. The van der Waals surface area contributed by atoms with Gasteiger partial charge in [0.25, 0.3) is 0 Å². The minimum atomic E-state index is -4.66. The molecule has 1 N–H and O–H groups in total. The normalized spacial score (nSPS) is 16.2. The summed E-state index contributed by atoms with van der Waals surface area (Å²) in [5.74, 6) is 0.628. The second kappa shape index (κ2) is 10.5. The van der Waals surface area contributed by atoms with Gasteiger partial charge in [-0.25, -0.2) is 0 Å². The highest BCUT2D eigenvalue weighted by molar-refractivity contribution is 8.20. The molecule has 1 aliphatic rings. The Labute approximate surface area is 196 Å². The number of aliphatic hydroxyl groups is 1. The lowest BCUT2D eigenvalue weighted by molar-refractivity contribution is -1.91. The van der Waals surface area contributed by atoms with Crippen LogP contribution in [-0.4, -0.2) is 23.2 Å². The molecule has 0 amide bonds. The highest BCUT2D eigenvalue weighted by Crippen LogP contribution is 2.45. The predicted octanol–water partition coefficient (Wildman–Crippen LogP) is 1.81. The zero-order valence-corrected chi connectivity index (χ0v) is 19.0. The maximum Gasteiger partial charge on any atom is 0.148 e. The molecule has 0 aromatic heterocycles. The van der Waals surface area contributed by atoms with Gasteiger partial charge in [-0.3, -0.25) is 0 Å². The standard InChI is InChI=1S/C25H21ClO6S/c27-15-16-31-23-13-11-19(12-14-23)22-17-24(20-7-3-1-4-8-20)33(32-26(28,29)30)25(18-22)21-9-5-2-6-10-21/h1-14,17-18,27H,15-16H2. The smallest absolute Gasteiger partial charge is 0.148 e. The van der Waals surface area contributed by atoms with Crippen LogP contribution in [0.4, 0.5) is 0 Å². The molecule has 1 atom stereocenters. The van der Waals surface area contributed by atoms with Gasteiger partial charge in [0, 0.05) is 0 Å². The quantitative estimate of drug-likeness (QED) is 0.488. The zero-order chi connectivity index (χ0) is 23.3. The topological polar surface area (TPSA) is 108 Å². The van der Waals surface area contributed by atoms with Gasteiger partial charge >= 0.3 is 0 Å². The van der Waals surface area contributed by atoms with E-state index in [2.05, 4.69) is 0 Å². The summed E-state index contributed by atoms with van der Waals surface area (Å²) >= 11 is 0. The highest BCUT2D eigenvalue weighted by Gasteiger charge is 2.31. The Kier molecular flexibility index (Phi) is 7.42. The van der Waals surface area contributed by atoms with Crippen molar-refractivity contribution >= 4 is 26.1 Å². The summed E-state index contributed by atoms with van der Waals surface area (Å²) in [6.07, 6.45) is 3.68. The molecule has 1 aliphatic heterocycles. The third-order valence-electron chi connectivity index (χ3n) is 4.78. The number of aliphatic hydroxyl groups excluding tert-OH is 1. The number of halogens is 1. The molecule has 1 unspecified atom stereocenters. The Morgan fingerprint density at radius 1 is 0.727 bits per heavy atom. The van der Waals surface area contributed by atoms with Crippen molar-refractivity contribution in [1.29, 1.82) is 0 Å². The number of ether oxygens (including phenoxy) is 1. The lowest BCUT2D eigenvalue weighted by atomic mass is 10.0. The molecule has 0 aliphatic carbocycles. The van der Waals surface area contributed by atoms with E-state index in [0.29, 0.717) is 15.5 Å². The van der Waals surface area contributed by atoms with E-state index in [1.165, 1.54) is 0 Å². The van der Waals surface area contributed by atoms with Crippen molar-refractivity contribution in [3.63, 3.8) is 0 Å². The second-order valence-electron chi connectivity index (χ2n) is 7.01. The Morgan fingerprint density at radius 3 is 1.91 bits per heavy atom. The lowest BCUT2D eigenvalue weighted by Gasteiger charge is -2.22. The third-order valence-corrected chi connectivity index (χ3v) is 7.40. The summed E-state index contributed by atoms with van der Waals surface area (Å²) in [5.41, 5.74) is 3.20. The van der Waals surface area contributed by atoms with Gasteiger partial charge < -0.3 is 9.84 Å². The van der Waals surface area contributed by atoms with Crippen LogP contribution in [0.15, 0.2) is 97.1 Å². The van der Waals surface area contributed by atoms with Gasteiger partial charge in [-0.05, 0) is 46.5 Å². The van der Waals surface area contributed by atoms with Crippen LogP contribution in [0.25, 0.3) is 10.5 Å². The molecule has 0 radical (unpaired) electrons. The zero-order valence-electron chi connectivity index (χ0n) is 17.4. The van der Waals surface area contributed by atoms with Crippen LogP contribution in [0.3, 0.4) is 0 Å². The molecule has 1 heterocycles. The molecule has 0 bridgehead atoms. The minimum Gasteiger partial charge on any atom is -0.491 e. The number of hydrogen-bond acceptors (Lipinski definition) is 6. The number of allylic oxidation sites excluding steroid dienone is 3. The van der Waals surface area contributed by atoms with E-state index in [1.807, 2.05) is 84.9 Å². The van der Waals surface area contributed by atoms with Gasteiger partial charge in [0.15, 0.2) is 0 Å². The van der Waals surface area contributed by atoms with Crippen molar-refractivity contribution in [3.05, 3.63) is 114 Å². The van der Waals surface area contributed by atoms with Crippen LogP contribution in [0, 0.1) is 10.2 Å². The summed E-state index contributed by atoms with van der Waals surface area (Å²) in [6.45, 7) is 0.130. The monoisotopic (exact) mass is 484 g/mol. The number of hydrogen-bond donors (Lipinski definition) is 1. The van der Waals surface area contributed by atoms with Crippen molar-refractivity contribution in [2.24, 2.45) is 0 Å². The molecule has 0 saturated carbocycles. The Bertz CT molecular complexity index is 1180. The molecule has 0 spiro atoms. The molecule has 8 heteroatoms. The van der Waals surface area contributed by atoms with Crippen LogP contribution in [0.1, 0.15) is 16.7 Å². The van der Waals surface area contributed by atoms with Crippen molar-refractivity contribution in [2.45, 2.75) is 0 Å². The summed E-state index contributed by atoms with van der Waals surface area (Å²) in [7, 11) is -6.12. The van der Waals surface area contributed by atoms with E-state index in [1.54, 1.807) is 12.1 Å². The van der Waals surface area contributed by atoms with Crippen molar-refractivity contribution in [2.75, 3.05) is 13.2 Å². The Morgan fingerprint density at radius 2 is 1.33 bits per heavy atom. The van der Waals surface area contributed by atoms with Crippen LogP contribution < -0.4 is 18.7 Å².